The van der Waals surface area contributed by atoms with Crippen LogP contribution in [0.4, 0.5) is 0 Å². The van der Waals surface area contributed by atoms with Crippen molar-refractivity contribution in [3.8, 4) is 11.5 Å². The Kier molecular flexibility index (Phi) is 8.45. The number of benzene rings is 2. The highest BCUT2D eigenvalue weighted by molar-refractivity contribution is 5.79. The normalized spacial score (nSPS) is 12.4. The second-order valence-corrected chi connectivity index (χ2v) is 6.03. The highest BCUT2D eigenvalue weighted by Gasteiger charge is 2.08. The van der Waals surface area contributed by atoms with Crippen molar-refractivity contribution in [1.29, 1.82) is 0 Å². The summed E-state index contributed by atoms with van der Waals surface area (Å²) in [6.07, 6.45) is 0.109. The maximum absolute atomic E-state index is 10.3. The van der Waals surface area contributed by atoms with Crippen molar-refractivity contribution in [1.82, 2.24) is 10.6 Å². The van der Waals surface area contributed by atoms with Crippen molar-refractivity contribution < 1.29 is 14.6 Å². The van der Waals surface area contributed by atoms with Gasteiger partial charge in [-0.2, -0.15) is 0 Å². The van der Waals surface area contributed by atoms with E-state index >= 15 is 0 Å². The van der Waals surface area contributed by atoms with E-state index in [1.807, 2.05) is 55.5 Å². The zero-order valence-electron chi connectivity index (χ0n) is 16.2. The van der Waals surface area contributed by atoms with E-state index in [1.54, 1.807) is 14.2 Å². The quantitative estimate of drug-likeness (QED) is 0.467. The second-order valence-electron chi connectivity index (χ2n) is 6.03. The van der Waals surface area contributed by atoms with Crippen LogP contribution in [0.25, 0.3) is 0 Å². The summed E-state index contributed by atoms with van der Waals surface area (Å²) in [5.41, 5.74) is 1.95. The number of aliphatic hydroxyl groups excluding tert-OH is 1. The Morgan fingerprint density at radius 3 is 2.44 bits per heavy atom. The number of ether oxygens (including phenoxy) is 2. The number of aliphatic hydroxyl groups is 1. The Morgan fingerprint density at radius 1 is 1.04 bits per heavy atom. The molecule has 6 heteroatoms. The molecule has 146 valence electrons. The SMILES string of the molecule is CCNC(=NCc1ccc(OC)c(OC)c1)NCCC(O)c1ccccc1. The average Bonchev–Trinajstić information content (AvgIpc) is 2.72. The molecule has 0 amide bonds. The Labute approximate surface area is 161 Å². The van der Waals surface area contributed by atoms with E-state index in [0.29, 0.717) is 37.0 Å². The van der Waals surface area contributed by atoms with Crippen LogP contribution in [0, 0.1) is 0 Å². The highest BCUT2D eigenvalue weighted by atomic mass is 16.5. The lowest BCUT2D eigenvalue weighted by Crippen LogP contribution is -2.38. The number of methoxy groups -OCH3 is 2. The molecule has 0 spiro atoms. The lowest BCUT2D eigenvalue weighted by Gasteiger charge is -2.14. The lowest BCUT2D eigenvalue weighted by atomic mass is 10.1. The molecule has 1 unspecified atom stereocenters. The topological polar surface area (TPSA) is 75.1 Å². The molecule has 1 atom stereocenters. The van der Waals surface area contributed by atoms with Crippen molar-refractivity contribution in [3.05, 3.63) is 59.7 Å². The molecule has 0 bridgehead atoms. The Morgan fingerprint density at radius 2 is 1.78 bits per heavy atom. The minimum atomic E-state index is -0.493. The molecule has 0 aliphatic carbocycles. The van der Waals surface area contributed by atoms with Gasteiger partial charge in [-0.25, -0.2) is 4.99 Å². The molecule has 2 aromatic carbocycles. The van der Waals surface area contributed by atoms with Crippen LogP contribution in [0.2, 0.25) is 0 Å². The standard InChI is InChI=1S/C21H29N3O3/c1-4-22-21(23-13-12-18(25)17-8-6-5-7-9-17)24-15-16-10-11-19(26-2)20(14-16)27-3/h5-11,14,18,25H,4,12-13,15H2,1-3H3,(H2,22,23,24). The van der Waals surface area contributed by atoms with Gasteiger partial charge in [0.2, 0.25) is 0 Å². The average molecular weight is 371 g/mol. The minimum Gasteiger partial charge on any atom is -0.493 e. The monoisotopic (exact) mass is 371 g/mol. The molecular weight excluding hydrogens is 342 g/mol. The van der Waals surface area contributed by atoms with Crippen molar-refractivity contribution in [2.45, 2.75) is 26.0 Å². The first-order chi connectivity index (χ1) is 13.2. The van der Waals surface area contributed by atoms with E-state index in [-0.39, 0.29) is 0 Å². The second kappa shape index (κ2) is 11.1. The number of aliphatic imine (C=N–C) groups is 1. The van der Waals surface area contributed by atoms with Gasteiger partial charge in [-0.3, -0.25) is 0 Å². The summed E-state index contributed by atoms with van der Waals surface area (Å²) in [4.78, 5) is 4.60. The smallest absolute Gasteiger partial charge is 0.191 e. The lowest BCUT2D eigenvalue weighted by molar-refractivity contribution is 0.168. The minimum absolute atomic E-state index is 0.493. The van der Waals surface area contributed by atoms with E-state index in [0.717, 1.165) is 17.7 Å². The van der Waals surface area contributed by atoms with Crippen molar-refractivity contribution in [2.75, 3.05) is 27.3 Å². The fourth-order valence-electron chi connectivity index (χ4n) is 2.66. The van der Waals surface area contributed by atoms with Crippen molar-refractivity contribution in [3.63, 3.8) is 0 Å². The molecule has 3 N–H and O–H groups in total. The van der Waals surface area contributed by atoms with Gasteiger partial charge in [0.25, 0.3) is 0 Å². The number of nitrogens with zero attached hydrogens (tertiary/aromatic N) is 1. The maximum Gasteiger partial charge on any atom is 0.191 e. The summed E-state index contributed by atoms with van der Waals surface area (Å²) >= 11 is 0. The third-order valence-electron chi connectivity index (χ3n) is 4.11. The fourth-order valence-corrected chi connectivity index (χ4v) is 2.66. The van der Waals surface area contributed by atoms with Gasteiger partial charge in [0.05, 0.1) is 26.9 Å². The van der Waals surface area contributed by atoms with Crippen molar-refractivity contribution >= 4 is 5.96 Å². The fraction of sp³-hybridized carbons (Fsp3) is 0.381. The Balaban J connectivity index is 1.92. The van der Waals surface area contributed by atoms with Crippen molar-refractivity contribution in [2.24, 2.45) is 4.99 Å². The number of nitrogens with one attached hydrogen (secondary N) is 2. The number of guanidine groups is 1. The molecule has 0 saturated heterocycles. The van der Waals surface area contributed by atoms with Gasteiger partial charge in [0.1, 0.15) is 0 Å². The van der Waals surface area contributed by atoms with Gasteiger partial charge in [-0.15, -0.1) is 0 Å². The molecule has 27 heavy (non-hydrogen) atoms. The van der Waals surface area contributed by atoms with Crippen LogP contribution in [-0.4, -0.2) is 38.4 Å². The predicted octanol–water partition coefficient (Wildman–Crippen LogP) is 2.88. The largest absolute Gasteiger partial charge is 0.493 e. The maximum atomic E-state index is 10.3. The van der Waals surface area contributed by atoms with E-state index in [2.05, 4.69) is 15.6 Å². The summed E-state index contributed by atoms with van der Waals surface area (Å²) in [5, 5.41) is 16.7. The van der Waals surface area contributed by atoms with Crippen LogP contribution >= 0.6 is 0 Å². The van der Waals surface area contributed by atoms with E-state index in [9.17, 15) is 5.11 Å². The summed E-state index contributed by atoms with van der Waals surface area (Å²) in [6.45, 7) is 3.91. The first-order valence-corrected chi connectivity index (χ1v) is 9.14. The van der Waals surface area contributed by atoms with Crippen LogP contribution in [0.15, 0.2) is 53.5 Å². The van der Waals surface area contributed by atoms with E-state index < -0.39 is 6.10 Å². The van der Waals surface area contributed by atoms with Gasteiger partial charge >= 0.3 is 0 Å². The molecule has 6 nitrogen and oxygen atoms in total. The molecule has 0 aliphatic rings. The van der Waals surface area contributed by atoms with Gasteiger partial charge in [0, 0.05) is 13.1 Å². The molecule has 0 fully saturated rings. The molecule has 0 saturated carbocycles. The number of rotatable bonds is 9. The van der Waals surface area contributed by atoms with E-state index in [4.69, 9.17) is 9.47 Å². The van der Waals surface area contributed by atoms with Crippen LogP contribution < -0.4 is 20.1 Å². The third kappa shape index (κ3) is 6.49. The third-order valence-corrected chi connectivity index (χ3v) is 4.11. The zero-order chi connectivity index (χ0) is 19.5. The summed E-state index contributed by atoms with van der Waals surface area (Å²) in [5.74, 6) is 2.10. The van der Waals surface area contributed by atoms with Gasteiger partial charge < -0.3 is 25.2 Å². The number of hydrogen-bond donors (Lipinski definition) is 3. The van der Waals surface area contributed by atoms with Gasteiger partial charge in [0.15, 0.2) is 17.5 Å². The summed E-state index contributed by atoms with van der Waals surface area (Å²) in [7, 11) is 3.24. The molecule has 2 aromatic rings. The molecular formula is C21H29N3O3. The molecule has 0 aliphatic heterocycles. The Hall–Kier alpha value is -2.73. The molecule has 2 rings (SSSR count). The number of hydrogen-bond acceptors (Lipinski definition) is 4. The van der Waals surface area contributed by atoms with Gasteiger partial charge in [-0.05, 0) is 36.6 Å². The van der Waals surface area contributed by atoms with Gasteiger partial charge in [-0.1, -0.05) is 36.4 Å². The van der Waals surface area contributed by atoms with Crippen LogP contribution in [0.1, 0.15) is 30.6 Å². The zero-order valence-corrected chi connectivity index (χ0v) is 16.2. The molecule has 0 heterocycles. The van der Waals surface area contributed by atoms with Crippen LogP contribution in [0.3, 0.4) is 0 Å². The first kappa shape index (κ1) is 20.6. The first-order valence-electron chi connectivity index (χ1n) is 9.14. The predicted molar refractivity (Wildman–Crippen MR) is 108 cm³/mol. The van der Waals surface area contributed by atoms with Crippen LogP contribution in [-0.2, 0) is 6.54 Å². The van der Waals surface area contributed by atoms with E-state index in [1.165, 1.54) is 0 Å². The highest BCUT2D eigenvalue weighted by Crippen LogP contribution is 2.27. The molecule has 0 radical (unpaired) electrons. The summed E-state index contributed by atoms with van der Waals surface area (Å²) < 4.78 is 10.6. The summed E-state index contributed by atoms with van der Waals surface area (Å²) in [6, 6.07) is 15.4. The molecule has 0 aromatic heterocycles. The Bertz CT molecular complexity index is 720. The van der Waals surface area contributed by atoms with Crippen LogP contribution in [0.5, 0.6) is 11.5 Å².